The number of Topliss-reactive ketones (excluding diaryl/α,β-unsaturated/α-hetero) is 1. The Morgan fingerprint density at radius 3 is 2.26 bits per heavy atom. The zero-order chi connectivity index (χ0) is 13.8. The topological polar surface area (TPSA) is 72.0 Å². The highest BCUT2D eigenvalue weighted by Crippen LogP contribution is 2.23. The molecule has 1 heterocycles. The molecule has 0 radical (unpaired) electrons. The van der Waals surface area contributed by atoms with Gasteiger partial charge in [-0.1, -0.05) is 6.92 Å². The highest BCUT2D eigenvalue weighted by molar-refractivity contribution is 6.04. The van der Waals surface area contributed by atoms with Crippen LogP contribution in [0.4, 0.5) is 0 Å². The Kier molecular flexibility index (Phi) is 4.24. The van der Waals surface area contributed by atoms with Gasteiger partial charge in [0.2, 0.25) is 0 Å². The maximum absolute atomic E-state index is 12.2. The fraction of sp³-hybridized carbons (Fsp3) is 0.571. The predicted octanol–water partition coefficient (Wildman–Crippen LogP) is 1.99. The van der Waals surface area contributed by atoms with E-state index >= 15 is 0 Å². The number of nitrogens with zero attached hydrogens (tertiary/aromatic N) is 2. The second kappa shape index (κ2) is 5.91. The molecule has 0 atom stereocenters. The van der Waals surface area contributed by atoms with Gasteiger partial charge in [0.05, 0.1) is 0 Å². The van der Waals surface area contributed by atoms with Crippen molar-refractivity contribution in [1.29, 1.82) is 0 Å². The van der Waals surface area contributed by atoms with Crippen molar-refractivity contribution >= 4 is 11.7 Å². The minimum atomic E-state index is -0.294. The monoisotopic (exact) mass is 261 g/mol. The van der Waals surface area contributed by atoms with Crippen molar-refractivity contribution in [2.45, 2.75) is 45.6 Å². The highest BCUT2D eigenvalue weighted by Gasteiger charge is 2.23. The van der Waals surface area contributed by atoms with Crippen LogP contribution < -0.4 is 5.32 Å². The van der Waals surface area contributed by atoms with Gasteiger partial charge < -0.3 is 5.32 Å². The fourth-order valence-electron chi connectivity index (χ4n) is 2.42. The van der Waals surface area contributed by atoms with E-state index in [1.807, 2.05) is 0 Å². The summed E-state index contributed by atoms with van der Waals surface area (Å²) in [6.45, 7) is 3.62. The molecule has 0 aliphatic heterocycles. The molecule has 0 saturated heterocycles. The van der Waals surface area contributed by atoms with Crippen molar-refractivity contribution < 1.29 is 9.59 Å². The summed E-state index contributed by atoms with van der Waals surface area (Å²) in [4.78, 5) is 31.5. The smallest absolute Gasteiger partial charge is 0.272 e. The summed E-state index contributed by atoms with van der Waals surface area (Å²) >= 11 is 0. The maximum atomic E-state index is 12.2. The van der Waals surface area contributed by atoms with Crippen molar-refractivity contribution in [3.05, 3.63) is 23.8 Å². The highest BCUT2D eigenvalue weighted by atomic mass is 16.2. The number of carbonyl (C=O) groups is 2. The Morgan fingerprint density at radius 1 is 1.11 bits per heavy atom. The molecule has 1 aliphatic carbocycles. The molecule has 5 nitrogen and oxygen atoms in total. The van der Waals surface area contributed by atoms with Crippen molar-refractivity contribution in [2.75, 3.05) is 0 Å². The van der Waals surface area contributed by atoms with Crippen LogP contribution >= 0.6 is 0 Å². The molecule has 2 rings (SSSR count). The molecule has 0 unspecified atom stereocenters. The van der Waals surface area contributed by atoms with E-state index in [0.29, 0.717) is 0 Å². The third-order valence-corrected chi connectivity index (χ3v) is 3.60. The van der Waals surface area contributed by atoms with Crippen LogP contribution in [0.15, 0.2) is 12.4 Å². The summed E-state index contributed by atoms with van der Waals surface area (Å²) in [5, 5.41) is 2.96. The number of nitrogens with one attached hydrogen (secondary N) is 1. The van der Waals surface area contributed by atoms with Gasteiger partial charge in [-0.3, -0.25) is 9.59 Å². The number of hydrogen-bond donors (Lipinski definition) is 1. The van der Waals surface area contributed by atoms with E-state index < -0.39 is 0 Å². The lowest BCUT2D eigenvalue weighted by molar-refractivity contribution is 0.0904. The van der Waals surface area contributed by atoms with Crippen molar-refractivity contribution in [3.8, 4) is 0 Å². The molecule has 0 aromatic carbocycles. The van der Waals surface area contributed by atoms with E-state index in [1.54, 1.807) is 0 Å². The van der Waals surface area contributed by atoms with Crippen LogP contribution in [0.5, 0.6) is 0 Å². The molecular formula is C14H19N3O2. The fourth-order valence-corrected chi connectivity index (χ4v) is 2.42. The normalized spacial score (nSPS) is 22.8. The van der Waals surface area contributed by atoms with Gasteiger partial charge in [-0.15, -0.1) is 0 Å². The third kappa shape index (κ3) is 3.36. The van der Waals surface area contributed by atoms with Crippen LogP contribution in [0, 0.1) is 5.92 Å². The van der Waals surface area contributed by atoms with Gasteiger partial charge in [0.25, 0.3) is 5.91 Å². The van der Waals surface area contributed by atoms with Crippen LogP contribution in [0.3, 0.4) is 0 Å². The molecule has 1 aliphatic rings. The lowest BCUT2D eigenvalue weighted by Gasteiger charge is -2.26. The van der Waals surface area contributed by atoms with Gasteiger partial charge in [0.15, 0.2) is 11.5 Å². The summed E-state index contributed by atoms with van der Waals surface area (Å²) in [7, 11) is 0. The Balaban J connectivity index is 2.06. The summed E-state index contributed by atoms with van der Waals surface area (Å²) in [6, 6.07) is 0.186. The molecule has 1 amide bonds. The SMILES string of the molecule is CC(=O)c1nccnc1C(=O)N[C@H]1CC[C@@H](C)CC1. The Labute approximate surface area is 112 Å². The summed E-state index contributed by atoms with van der Waals surface area (Å²) in [5.41, 5.74) is 0.276. The average Bonchev–Trinajstić information content (AvgIpc) is 2.41. The van der Waals surface area contributed by atoms with Crippen LogP contribution in [0.25, 0.3) is 0 Å². The van der Waals surface area contributed by atoms with Crippen molar-refractivity contribution in [2.24, 2.45) is 5.92 Å². The summed E-state index contributed by atoms with van der Waals surface area (Å²) in [6.07, 6.45) is 7.10. The van der Waals surface area contributed by atoms with Crippen LogP contribution in [-0.4, -0.2) is 27.7 Å². The lowest BCUT2D eigenvalue weighted by atomic mass is 9.87. The molecule has 1 fully saturated rings. The number of amides is 1. The zero-order valence-electron chi connectivity index (χ0n) is 11.3. The lowest BCUT2D eigenvalue weighted by Crippen LogP contribution is -2.38. The number of rotatable bonds is 3. The number of aromatic nitrogens is 2. The molecule has 19 heavy (non-hydrogen) atoms. The third-order valence-electron chi connectivity index (χ3n) is 3.60. The largest absolute Gasteiger partial charge is 0.348 e. The van der Waals surface area contributed by atoms with E-state index in [1.165, 1.54) is 19.3 Å². The molecule has 1 N–H and O–H groups in total. The standard InChI is InChI=1S/C14H19N3O2/c1-9-3-5-11(6-4-9)17-14(19)13-12(10(2)18)15-7-8-16-13/h7-9,11H,3-6H2,1-2H3,(H,17,19)/t9-,11+. The number of ketones is 1. The van der Waals surface area contributed by atoms with Gasteiger partial charge in [0, 0.05) is 25.4 Å². The van der Waals surface area contributed by atoms with Crippen LogP contribution in [-0.2, 0) is 0 Å². The predicted molar refractivity (Wildman–Crippen MR) is 70.9 cm³/mol. The van der Waals surface area contributed by atoms with Crippen LogP contribution in [0.2, 0.25) is 0 Å². The molecule has 5 heteroatoms. The number of hydrogen-bond acceptors (Lipinski definition) is 4. The Bertz CT molecular complexity index is 479. The van der Waals surface area contributed by atoms with E-state index in [2.05, 4.69) is 22.2 Å². The molecule has 102 valence electrons. The van der Waals surface area contributed by atoms with Gasteiger partial charge in [-0.05, 0) is 31.6 Å². The number of carbonyl (C=O) groups excluding carboxylic acids is 2. The van der Waals surface area contributed by atoms with Crippen LogP contribution in [0.1, 0.15) is 60.5 Å². The first-order valence-corrected chi connectivity index (χ1v) is 6.70. The molecule has 1 aromatic rings. The van der Waals surface area contributed by atoms with Crippen molar-refractivity contribution in [1.82, 2.24) is 15.3 Å². The first-order chi connectivity index (χ1) is 9.08. The van der Waals surface area contributed by atoms with E-state index in [-0.39, 0.29) is 29.1 Å². The minimum absolute atomic E-state index is 0.133. The molecule has 1 aromatic heterocycles. The second-order valence-corrected chi connectivity index (χ2v) is 5.24. The maximum Gasteiger partial charge on any atom is 0.272 e. The molecule has 1 saturated carbocycles. The quantitative estimate of drug-likeness (QED) is 0.844. The van der Waals surface area contributed by atoms with Gasteiger partial charge in [0.1, 0.15) is 5.69 Å². The second-order valence-electron chi connectivity index (χ2n) is 5.24. The minimum Gasteiger partial charge on any atom is -0.348 e. The summed E-state index contributed by atoms with van der Waals surface area (Å²) < 4.78 is 0. The average molecular weight is 261 g/mol. The first-order valence-electron chi connectivity index (χ1n) is 6.70. The molecule has 0 spiro atoms. The Hall–Kier alpha value is -1.78. The van der Waals surface area contributed by atoms with E-state index in [4.69, 9.17) is 0 Å². The van der Waals surface area contributed by atoms with E-state index in [0.717, 1.165) is 31.6 Å². The first kappa shape index (κ1) is 13.6. The summed E-state index contributed by atoms with van der Waals surface area (Å²) in [5.74, 6) is 0.200. The molecule has 0 bridgehead atoms. The van der Waals surface area contributed by atoms with Gasteiger partial charge in [-0.25, -0.2) is 9.97 Å². The van der Waals surface area contributed by atoms with Crippen molar-refractivity contribution in [3.63, 3.8) is 0 Å². The van der Waals surface area contributed by atoms with E-state index in [9.17, 15) is 9.59 Å². The van der Waals surface area contributed by atoms with Gasteiger partial charge in [-0.2, -0.15) is 0 Å². The Morgan fingerprint density at radius 2 is 1.68 bits per heavy atom. The molecular weight excluding hydrogens is 242 g/mol. The van der Waals surface area contributed by atoms with Gasteiger partial charge >= 0.3 is 0 Å². The zero-order valence-corrected chi connectivity index (χ0v) is 11.3.